The van der Waals surface area contributed by atoms with E-state index in [-0.39, 0.29) is 5.82 Å². The molecule has 2 unspecified atom stereocenters. The van der Waals surface area contributed by atoms with Gasteiger partial charge in [0.2, 0.25) is 0 Å². The van der Waals surface area contributed by atoms with E-state index in [9.17, 15) is 4.39 Å². The van der Waals surface area contributed by atoms with Crippen molar-refractivity contribution in [3.63, 3.8) is 0 Å². The molecule has 1 nitrogen and oxygen atoms in total. The average molecular weight is 221 g/mol. The van der Waals surface area contributed by atoms with E-state index >= 15 is 0 Å². The summed E-state index contributed by atoms with van der Waals surface area (Å²) in [7, 11) is 0. The van der Waals surface area contributed by atoms with Gasteiger partial charge in [-0.15, -0.1) is 0 Å². The lowest BCUT2D eigenvalue weighted by molar-refractivity contribution is 0.134. The van der Waals surface area contributed by atoms with Gasteiger partial charge < -0.3 is 0 Å². The Morgan fingerprint density at radius 3 is 2.25 bits per heavy atom. The largest absolute Gasteiger partial charge is 0.299 e. The summed E-state index contributed by atoms with van der Waals surface area (Å²) in [5.41, 5.74) is 1.21. The smallest absolute Gasteiger partial charge is 0.123 e. The van der Waals surface area contributed by atoms with Crippen molar-refractivity contribution in [2.75, 3.05) is 13.1 Å². The molecule has 1 aliphatic heterocycles. The van der Waals surface area contributed by atoms with Gasteiger partial charge in [0.25, 0.3) is 0 Å². The molecule has 0 aromatic heterocycles. The van der Waals surface area contributed by atoms with Crippen molar-refractivity contribution >= 4 is 0 Å². The van der Waals surface area contributed by atoms with Gasteiger partial charge >= 0.3 is 0 Å². The van der Waals surface area contributed by atoms with Gasteiger partial charge in [-0.3, -0.25) is 4.90 Å². The molecule has 0 bridgehead atoms. The first-order chi connectivity index (χ1) is 7.63. The summed E-state index contributed by atoms with van der Waals surface area (Å²) in [5, 5.41) is 0. The first-order valence-corrected chi connectivity index (χ1v) is 6.10. The summed E-state index contributed by atoms with van der Waals surface area (Å²) in [6.07, 6.45) is 1.33. The van der Waals surface area contributed by atoms with Crippen molar-refractivity contribution in [1.82, 2.24) is 4.90 Å². The molecule has 0 N–H and O–H groups in total. The minimum absolute atomic E-state index is 0.149. The van der Waals surface area contributed by atoms with Gasteiger partial charge in [-0.05, 0) is 36.0 Å². The predicted octanol–water partition coefficient (Wildman–Crippen LogP) is 3.30. The molecular weight excluding hydrogens is 201 g/mol. The molecule has 0 spiro atoms. The second-order valence-corrected chi connectivity index (χ2v) is 5.27. The zero-order valence-electron chi connectivity index (χ0n) is 10.1. The highest BCUT2D eigenvalue weighted by Gasteiger charge is 2.21. The molecule has 1 fully saturated rings. The number of benzene rings is 1. The van der Waals surface area contributed by atoms with E-state index in [1.165, 1.54) is 25.1 Å². The Morgan fingerprint density at radius 2 is 1.69 bits per heavy atom. The van der Waals surface area contributed by atoms with Crippen molar-refractivity contribution in [2.24, 2.45) is 11.8 Å². The van der Waals surface area contributed by atoms with Crippen LogP contribution in [0.2, 0.25) is 0 Å². The Kier molecular flexibility index (Phi) is 3.59. The number of hydrogen-bond acceptors (Lipinski definition) is 1. The van der Waals surface area contributed by atoms with Crippen LogP contribution in [0.1, 0.15) is 25.8 Å². The summed E-state index contributed by atoms with van der Waals surface area (Å²) >= 11 is 0. The molecule has 0 amide bonds. The van der Waals surface area contributed by atoms with Gasteiger partial charge in [0.05, 0.1) is 0 Å². The lowest BCUT2D eigenvalue weighted by atomic mass is 9.91. The maximum atomic E-state index is 12.8. The zero-order chi connectivity index (χ0) is 11.5. The van der Waals surface area contributed by atoms with Gasteiger partial charge in [-0.25, -0.2) is 4.39 Å². The number of hydrogen-bond donors (Lipinski definition) is 0. The van der Waals surface area contributed by atoms with Crippen LogP contribution in [0.5, 0.6) is 0 Å². The van der Waals surface area contributed by atoms with E-state index in [0.717, 1.165) is 18.4 Å². The number of nitrogens with zero attached hydrogens (tertiary/aromatic N) is 1. The standard InChI is InChI=1S/C14H20FN/c1-11-7-12(2)9-16(8-11)10-13-3-5-14(15)6-4-13/h3-6,11-12H,7-10H2,1-2H3. The van der Waals surface area contributed by atoms with Crippen molar-refractivity contribution < 1.29 is 4.39 Å². The molecular formula is C14H20FN. The highest BCUT2D eigenvalue weighted by Crippen LogP contribution is 2.22. The normalized spacial score (nSPS) is 26.9. The zero-order valence-corrected chi connectivity index (χ0v) is 10.1. The lowest BCUT2D eigenvalue weighted by Crippen LogP contribution is -2.38. The van der Waals surface area contributed by atoms with Gasteiger partial charge in [0.15, 0.2) is 0 Å². The third kappa shape index (κ3) is 3.05. The Labute approximate surface area is 97.3 Å². The number of likely N-dealkylation sites (tertiary alicyclic amines) is 1. The summed E-state index contributed by atoms with van der Waals surface area (Å²) in [5.74, 6) is 1.41. The van der Waals surface area contributed by atoms with E-state index in [1.54, 1.807) is 12.1 Å². The van der Waals surface area contributed by atoms with Crippen LogP contribution in [0.25, 0.3) is 0 Å². The maximum absolute atomic E-state index is 12.8. The van der Waals surface area contributed by atoms with Crippen LogP contribution >= 0.6 is 0 Å². The van der Waals surface area contributed by atoms with Crippen molar-refractivity contribution in [3.8, 4) is 0 Å². The first-order valence-electron chi connectivity index (χ1n) is 6.10. The van der Waals surface area contributed by atoms with Crippen LogP contribution in [0.4, 0.5) is 4.39 Å². The third-order valence-corrected chi connectivity index (χ3v) is 3.26. The SMILES string of the molecule is CC1CC(C)CN(Cc2ccc(F)cc2)C1. The Bertz CT molecular complexity index is 323. The molecule has 0 radical (unpaired) electrons. The molecule has 1 heterocycles. The van der Waals surface area contributed by atoms with E-state index < -0.39 is 0 Å². The quantitative estimate of drug-likeness (QED) is 0.740. The highest BCUT2D eigenvalue weighted by atomic mass is 19.1. The Hall–Kier alpha value is -0.890. The molecule has 2 atom stereocenters. The molecule has 0 saturated carbocycles. The van der Waals surface area contributed by atoms with Crippen molar-refractivity contribution in [2.45, 2.75) is 26.8 Å². The maximum Gasteiger partial charge on any atom is 0.123 e. The first kappa shape index (κ1) is 11.6. The molecule has 0 aliphatic carbocycles. The Balaban J connectivity index is 1.96. The fourth-order valence-electron chi connectivity index (χ4n) is 2.77. The predicted molar refractivity (Wildman–Crippen MR) is 64.6 cm³/mol. The topological polar surface area (TPSA) is 3.24 Å². The highest BCUT2D eigenvalue weighted by molar-refractivity contribution is 5.15. The molecule has 1 aromatic rings. The molecule has 1 saturated heterocycles. The monoisotopic (exact) mass is 221 g/mol. The van der Waals surface area contributed by atoms with E-state index in [2.05, 4.69) is 18.7 Å². The number of halogens is 1. The van der Waals surface area contributed by atoms with Crippen molar-refractivity contribution in [1.29, 1.82) is 0 Å². The van der Waals surface area contributed by atoms with Crippen LogP contribution in [0, 0.1) is 17.7 Å². The molecule has 1 aromatic carbocycles. The fourth-order valence-corrected chi connectivity index (χ4v) is 2.77. The summed E-state index contributed by atoms with van der Waals surface area (Å²) in [6, 6.07) is 6.87. The van der Waals surface area contributed by atoms with Gasteiger partial charge in [0, 0.05) is 19.6 Å². The lowest BCUT2D eigenvalue weighted by Gasteiger charge is -2.34. The summed E-state index contributed by atoms with van der Waals surface area (Å²) in [6.45, 7) is 7.92. The molecule has 2 rings (SSSR count). The molecule has 88 valence electrons. The minimum atomic E-state index is -0.149. The molecule has 16 heavy (non-hydrogen) atoms. The minimum Gasteiger partial charge on any atom is -0.299 e. The van der Waals surface area contributed by atoms with Gasteiger partial charge in [-0.1, -0.05) is 26.0 Å². The molecule has 2 heteroatoms. The van der Waals surface area contributed by atoms with Crippen LogP contribution in [-0.2, 0) is 6.54 Å². The number of piperidine rings is 1. The summed E-state index contributed by atoms with van der Waals surface area (Å²) < 4.78 is 12.8. The second kappa shape index (κ2) is 4.96. The van der Waals surface area contributed by atoms with E-state index in [1.807, 2.05) is 12.1 Å². The second-order valence-electron chi connectivity index (χ2n) is 5.27. The van der Waals surface area contributed by atoms with Crippen molar-refractivity contribution in [3.05, 3.63) is 35.6 Å². The van der Waals surface area contributed by atoms with Gasteiger partial charge in [-0.2, -0.15) is 0 Å². The van der Waals surface area contributed by atoms with Crippen LogP contribution < -0.4 is 0 Å². The third-order valence-electron chi connectivity index (χ3n) is 3.26. The fraction of sp³-hybridized carbons (Fsp3) is 0.571. The number of rotatable bonds is 2. The van der Waals surface area contributed by atoms with E-state index in [4.69, 9.17) is 0 Å². The van der Waals surface area contributed by atoms with Crippen LogP contribution in [-0.4, -0.2) is 18.0 Å². The average Bonchev–Trinajstić information content (AvgIpc) is 2.20. The van der Waals surface area contributed by atoms with Gasteiger partial charge in [0.1, 0.15) is 5.82 Å². The summed E-state index contributed by atoms with van der Waals surface area (Å²) in [4.78, 5) is 2.48. The van der Waals surface area contributed by atoms with Crippen LogP contribution in [0.3, 0.4) is 0 Å². The Morgan fingerprint density at radius 1 is 1.12 bits per heavy atom. The molecule has 1 aliphatic rings. The van der Waals surface area contributed by atoms with E-state index in [0.29, 0.717) is 0 Å². The van der Waals surface area contributed by atoms with Crippen LogP contribution in [0.15, 0.2) is 24.3 Å².